The van der Waals surface area contributed by atoms with E-state index in [9.17, 15) is 13.6 Å². The third-order valence-corrected chi connectivity index (χ3v) is 3.54. The number of pyridine rings is 1. The summed E-state index contributed by atoms with van der Waals surface area (Å²) in [6.07, 6.45) is 1.49. The van der Waals surface area contributed by atoms with Gasteiger partial charge in [-0.1, -0.05) is 18.2 Å². The molecule has 1 amide bonds. The quantitative estimate of drug-likeness (QED) is 0.732. The van der Waals surface area contributed by atoms with Crippen LogP contribution in [0.2, 0.25) is 0 Å². The molecule has 0 unspecified atom stereocenters. The molecule has 1 aromatic heterocycles. The van der Waals surface area contributed by atoms with E-state index >= 15 is 0 Å². The average Bonchev–Trinajstić information content (AvgIpc) is 2.63. The standard InChI is InChI=1S/C19H15F2N3O/c20-14-5-7-15(8-6-14)24-19(25)18-11-16(9-10-22-18)23-12-13-3-1-2-4-17(13)21/h1-11H,12H2,(H,22,23)(H,24,25). The van der Waals surface area contributed by atoms with Gasteiger partial charge in [-0.25, -0.2) is 8.78 Å². The van der Waals surface area contributed by atoms with E-state index in [-0.39, 0.29) is 23.9 Å². The van der Waals surface area contributed by atoms with Gasteiger partial charge in [-0.05, 0) is 42.5 Å². The summed E-state index contributed by atoms with van der Waals surface area (Å²) in [7, 11) is 0. The minimum atomic E-state index is -0.416. The predicted octanol–water partition coefficient (Wildman–Crippen LogP) is 4.22. The maximum atomic E-state index is 13.6. The number of nitrogens with zero attached hydrogens (tertiary/aromatic N) is 1. The zero-order chi connectivity index (χ0) is 17.6. The van der Waals surface area contributed by atoms with Crippen LogP contribution in [0.15, 0.2) is 66.9 Å². The van der Waals surface area contributed by atoms with Gasteiger partial charge < -0.3 is 10.6 Å². The Morgan fingerprint density at radius 1 is 0.960 bits per heavy atom. The molecule has 0 aliphatic heterocycles. The fourth-order valence-corrected chi connectivity index (χ4v) is 2.23. The van der Waals surface area contributed by atoms with Crippen LogP contribution in [0.1, 0.15) is 16.1 Å². The molecule has 1 heterocycles. The van der Waals surface area contributed by atoms with Crippen molar-refractivity contribution >= 4 is 17.3 Å². The van der Waals surface area contributed by atoms with Crippen LogP contribution < -0.4 is 10.6 Å². The van der Waals surface area contributed by atoms with Crippen LogP contribution in [0.5, 0.6) is 0 Å². The normalized spacial score (nSPS) is 10.3. The van der Waals surface area contributed by atoms with E-state index in [1.165, 1.54) is 36.5 Å². The van der Waals surface area contributed by atoms with Crippen LogP contribution in [-0.2, 0) is 6.54 Å². The number of carbonyl (C=O) groups is 1. The Morgan fingerprint density at radius 2 is 1.72 bits per heavy atom. The minimum Gasteiger partial charge on any atom is -0.381 e. The number of amides is 1. The molecular weight excluding hydrogens is 324 g/mol. The Hall–Kier alpha value is -3.28. The molecule has 126 valence electrons. The van der Waals surface area contributed by atoms with Crippen molar-refractivity contribution in [3.05, 3.63) is 89.8 Å². The third kappa shape index (κ3) is 4.38. The maximum Gasteiger partial charge on any atom is 0.274 e. The highest BCUT2D eigenvalue weighted by Crippen LogP contribution is 2.14. The molecule has 6 heteroatoms. The van der Waals surface area contributed by atoms with Gasteiger partial charge in [0.2, 0.25) is 0 Å². The van der Waals surface area contributed by atoms with E-state index in [1.54, 1.807) is 30.3 Å². The molecule has 0 saturated carbocycles. The molecule has 25 heavy (non-hydrogen) atoms. The summed E-state index contributed by atoms with van der Waals surface area (Å²) in [6.45, 7) is 0.287. The second-order valence-corrected chi connectivity index (χ2v) is 5.34. The molecule has 0 atom stereocenters. The molecule has 0 radical (unpaired) electrons. The van der Waals surface area contributed by atoms with Gasteiger partial charge in [0, 0.05) is 29.7 Å². The van der Waals surface area contributed by atoms with Crippen LogP contribution in [-0.4, -0.2) is 10.9 Å². The summed E-state index contributed by atoms with van der Waals surface area (Å²) in [5.74, 6) is -1.09. The monoisotopic (exact) mass is 339 g/mol. The molecule has 4 nitrogen and oxygen atoms in total. The largest absolute Gasteiger partial charge is 0.381 e. The third-order valence-electron chi connectivity index (χ3n) is 3.54. The predicted molar refractivity (Wildman–Crippen MR) is 92.3 cm³/mol. The Balaban J connectivity index is 1.67. The number of nitrogens with one attached hydrogen (secondary N) is 2. The topological polar surface area (TPSA) is 54.0 Å². The van der Waals surface area contributed by atoms with Crippen molar-refractivity contribution in [3.63, 3.8) is 0 Å². The van der Waals surface area contributed by atoms with Crippen LogP contribution >= 0.6 is 0 Å². The molecule has 2 aromatic carbocycles. The van der Waals surface area contributed by atoms with Crippen molar-refractivity contribution in [2.45, 2.75) is 6.54 Å². The molecule has 0 aliphatic carbocycles. The molecule has 3 rings (SSSR count). The highest BCUT2D eigenvalue weighted by molar-refractivity contribution is 6.03. The van der Waals surface area contributed by atoms with Crippen molar-refractivity contribution in [1.82, 2.24) is 4.98 Å². The zero-order valence-corrected chi connectivity index (χ0v) is 13.2. The smallest absolute Gasteiger partial charge is 0.274 e. The minimum absolute atomic E-state index is 0.197. The van der Waals surface area contributed by atoms with Crippen molar-refractivity contribution in [1.29, 1.82) is 0 Å². The van der Waals surface area contributed by atoms with Gasteiger partial charge in [-0.2, -0.15) is 0 Å². The first-order valence-corrected chi connectivity index (χ1v) is 7.62. The SMILES string of the molecule is O=C(Nc1ccc(F)cc1)c1cc(NCc2ccccc2F)ccn1. The fourth-order valence-electron chi connectivity index (χ4n) is 2.23. The molecule has 0 spiro atoms. The van der Waals surface area contributed by atoms with Gasteiger partial charge in [0.25, 0.3) is 5.91 Å². The number of benzene rings is 2. The van der Waals surface area contributed by atoms with Gasteiger partial charge in [-0.3, -0.25) is 9.78 Å². The van der Waals surface area contributed by atoms with Gasteiger partial charge in [0.15, 0.2) is 0 Å². The first kappa shape index (κ1) is 16.6. The number of halogens is 2. The molecule has 0 bridgehead atoms. The van der Waals surface area contributed by atoms with Gasteiger partial charge >= 0.3 is 0 Å². The van der Waals surface area contributed by atoms with Gasteiger partial charge in [0.05, 0.1) is 0 Å². The molecule has 0 aliphatic rings. The van der Waals surface area contributed by atoms with E-state index in [1.807, 2.05) is 0 Å². The number of aromatic nitrogens is 1. The molecule has 0 saturated heterocycles. The zero-order valence-electron chi connectivity index (χ0n) is 13.2. The van der Waals surface area contributed by atoms with E-state index in [4.69, 9.17) is 0 Å². The van der Waals surface area contributed by atoms with E-state index in [0.717, 1.165) is 0 Å². The number of carbonyl (C=O) groups excluding carboxylic acids is 1. The van der Waals surface area contributed by atoms with E-state index in [0.29, 0.717) is 16.9 Å². The second kappa shape index (κ2) is 7.53. The number of anilines is 2. The number of hydrogen-bond donors (Lipinski definition) is 2. The van der Waals surface area contributed by atoms with Crippen LogP contribution in [0.25, 0.3) is 0 Å². The van der Waals surface area contributed by atoms with E-state index in [2.05, 4.69) is 15.6 Å². The number of hydrogen-bond acceptors (Lipinski definition) is 3. The van der Waals surface area contributed by atoms with E-state index < -0.39 is 5.91 Å². The van der Waals surface area contributed by atoms with Gasteiger partial charge in [-0.15, -0.1) is 0 Å². The summed E-state index contributed by atoms with van der Waals surface area (Å²) in [5.41, 5.74) is 1.83. The Labute approximate surface area is 143 Å². The summed E-state index contributed by atoms with van der Waals surface area (Å²) in [6, 6.07) is 15.2. The summed E-state index contributed by atoms with van der Waals surface area (Å²) in [4.78, 5) is 16.2. The lowest BCUT2D eigenvalue weighted by Crippen LogP contribution is -2.14. The maximum absolute atomic E-state index is 13.6. The lowest BCUT2D eigenvalue weighted by atomic mass is 10.2. The molecule has 0 fully saturated rings. The molecular formula is C19H15F2N3O. The highest BCUT2D eigenvalue weighted by atomic mass is 19.1. The summed E-state index contributed by atoms with van der Waals surface area (Å²) >= 11 is 0. The van der Waals surface area contributed by atoms with Gasteiger partial charge in [0.1, 0.15) is 17.3 Å². The average molecular weight is 339 g/mol. The molecule has 3 aromatic rings. The summed E-state index contributed by atoms with van der Waals surface area (Å²) in [5, 5.41) is 5.70. The van der Waals surface area contributed by atoms with Crippen molar-refractivity contribution in [3.8, 4) is 0 Å². The number of rotatable bonds is 5. The Morgan fingerprint density at radius 3 is 2.48 bits per heavy atom. The first-order chi connectivity index (χ1) is 12.1. The molecule has 2 N–H and O–H groups in total. The van der Waals surface area contributed by atoms with Crippen LogP contribution in [0.3, 0.4) is 0 Å². The first-order valence-electron chi connectivity index (χ1n) is 7.62. The van der Waals surface area contributed by atoms with Crippen molar-refractivity contribution in [2.75, 3.05) is 10.6 Å². The summed E-state index contributed by atoms with van der Waals surface area (Å²) < 4.78 is 26.5. The lowest BCUT2D eigenvalue weighted by Gasteiger charge is -2.09. The fraction of sp³-hybridized carbons (Fsp3) is 0.0526. The highest BCUT2D eigenvalue weighted by Gasteiger charge is 2.09. The van der Waals surface area contributed by atoms with Crippen molar-refractivity contribution < 1.29 is 13.6 Å². The van der Waals surface area contributed by atoms with Crippen LogP contribution in [0, 0.1) is 11.6 Å². The lowest BCUT2D eigenvalue weighted by molar-refractivity contribution is 0.102. The van der Waals surface area contributed by atoms with Crippen LogP contribution in [0.4, 0.5) is 20.2 Å². The second-order valence-electron chi connectivity index (χ2n) is 5.34. The Bertz CT molecular complexity index is 882. The Kier molecular flexibility index (Phi) is 4.99. The van der Waals surface area contributed by atoms with Crippen molar-refractivity contribution in [2.24, 2.45) is 0 Å².